The molecule has 2 heterocycles. The fourth-order valence-electron chi connectivity index (χ4n) is 3.92. The summed E-state index contributed by atoms with van der Waals surface area (Å²) >= 11 is 7.63. The summed E-state index contributed by atoms with van der Waals surface area (Å²) in [5.74, 6) is -0.000558. The number of amides is 1. The number of pyridine rings is 1. The summed E-state index contributed by atoms with van der Waals surface area (Å²) in [6.07, 6.45) is -1.14. The van der Waals surface area contributed by atoms with Gasteiger partial charge in [0, 0.05) is 28.2 Å². The molecule has 1 fully saturated rings. The number of benzene rings is 1. The normalized spacial score (nSPS) is 19.4. The molecule has 4 nitrogen and oxygen atoms in total. The molecule has 0 aliphatic heterocycles. The van der Waals surface area contributed by atoms with E-state index in [1.54, 1.807) is 17.4 Å². The van der Waals surface area contributed by atoms with Crippen molar-refractivity contribution in [3.63, 3.8) is 0 Å². The highest BCUT2D eigenvalue weighted by molar-refractivity contribution is 7.08. The number of aromatic nitrogens is 1. The third-order valence-electron chi connectivity index (χ3n) is 5.46. The van der Waals surface area contributed by atoms with Crippen molar-refractivity contribution >= 4 is 45.4 Å². The van der Waals surface area contributed by atoms with Crippen molar-refractivity contribution in [2.75, 3.05) is 5.32 Å². The van der Waals surface area contributed by atoms with Gasteiger partial charge in [0.05, 0.1) is 11.9 Å². The van der Waals surface area contributed by atoms with Crippen molar-refractivity contribution < 1.29 is 18.0 Å². The molecule has 1 amide bonds. The maximum absolute atomic E-state index is 13.3. The number of rotatable bonds is 5. The molecule has 9 heteroatoms. The van der Waals surface area contributed by atoms with Crippen LogP contribution in [0.4, 0.5) is 18.9 Å². The summed E-state index contributed by atoms with van der Waals surface area (Å²) in [5, 5.41) is 11.2. The average Bonchev–Trinajstić information content (AvgIpc) is 3.21. The van der Waals surface area contributed by atoms with Crippen LogP contribution in [-0.4, -0.2) is 23.0 Å². The van der Waals surface area contributed by atoms with Crippen LogP contribution < -0.4 is 10.6 Å². The van der Waals surface area contributed by atoms with Crippen LogP contribution in [0.25, 0.3) is 10.9 Å². The number of carbonyl (C=O) groups is 1. The number of carbonyl (C=O) groups excluding carboxylic acids is 1. The molecule has 31 heavy (non-hydrogen) atoms. The van der Waals surface area contributed by atoms with E-state index in [1.807, 2.05) is 16.8 Å². The molecule has 0 bridgehead atoms. The van der Waals surface area contributed by atoms with E-state index < -0.39 is 11.9 Å². The van der Waals surface area contributed by atoms with Crippen LogP contribution in [0.15, 0.2) is 41.1 Å². The first-order valence-electron chi connectivity index (χ1n) is 10.0. The lowest BCUT2D eigenvalue weighted by Gasteiger charge is -2.30. The highest BCUT2D eigenvalue weighted by atomic mass is 35.5. The number of fused-ring (bicyclic) bond motifs is 1. The lowest BCUT2D eigenvalue weighted by molar-refractivity contribution is -0.140. The summed E-state index contributed by atoms with van der Waals surface area (Å²) in [6.45, 7) is 0. The van der Waals surface area contributed by atoms with Crippen LogP contribution >= 0.6 is 22.9 Å². The fourth-order valence-corrected chi connectivity index (χ4v) is 4.76. The average molecular weight is 468 g/mol. The van der Waals surface area contributed by atoms with E-state index in [9.17, 15) is 18.0 Å². The molecule has 2 aromatic heterocycles. The number of hydrogen-bond acceptors (Lipinski definition) is 4. The first-order valence-corrected chi connectivity index (χ1v) is 11.3. The van der Waals surface area contributed by atoms with E-state index in [-0.39, 0.29) is 23.5 Å². The maximum Gasteiger partial charge on any atom is 0.433 e. The molecule has 1 aromatic carbocycles. The molecule has 1 aliphatic rings. The SMILES string of the molecule is O=C(Cc1ccsc1)N[C@H]1CC[C@@H](Nc2cc(C(F)(F)F)nc3ccc(Cl)cc23)CC1. The van der Waals surface area contributed by atoms with Crippen LogP contribution in [0.2, 0.25) is 5.02 Å². The van der Waals surface area contributed by atoms with Gasteiger partial charge in [0.25, 0.3) is 0 Å². The van der Waals surface area contributed by atoms with Gasteiger partial charge in [-0.05, 0) is 72.3 Å². The molecule has 0 radical (unpaired) electrons. The zero-order valence-corrected chi connectivity index (χ0v) is 18.1. The number of halogens is 4. The predicted molar refractivity (Wildman–Crippen MR) is 118 cm³/mol. The summed E-state index contributed by atoms with van der Waals surface area (Å²) in [7, 11) is 0. The second kappa shape index (κ2) is 9.04. The van der Waals surface area contributed by atoms with Crippen LogP contribution in [0.3, 0.4) is 0 Å². The molecule has 0 spiro atoms. The van der Waals surface area contributed by atoms with E-state index in [2.05, 4.69) is 15.6 Å². The van der Waals surface area contributed by atoms with Gasteiger partial charge in [-0.15, -0.1) is 0 Å². The molecule has 3 aromatic rings. The Labute approximate surface area is 186 Å². The van der Waals surface area contributed by atoms with Crippen LogP contribution in [0, 0.1) is 0 Å². The number of alkyl halides is 3. The zero-order valence-electron chi connectivity index (χ0n) is 16.5. The number of hydrogen-bond donors (Lipinski definition) is 2. The molecule has 0 unspecified atom stereocenters. The van der Waals surface area contributed by atoms with Crippen molar-refractivity contribution in [3.05, 3.63) is 57.4 Å². The van der Waals surface area contributed by atoms with Crippen molar-refractivity contribution in [3.8, 4) is 0 Å². The minimum Gasteiger partial charge on any atom is -0.382 e. The van der Waals surface area contributed by atoms with E-state index in [1.165, 1.54) is 12.1 Å². The minimum absolute atomic E-state index is 0.000558. The van der Waals surface area contributed by atoms with Gasteiger partial charge in [-0.25, -0.2) is 4.98 Å². The Morgan fingerprint density at radius 1 is 1.13 bits per heavy atom. The Balaban J connectivity index is 1.42. The second-order valence-corrected chi connectivity index (χ2v) is 9.00. The van der Waals surface area contributed by atoms with E-state index in [4.69, 9.17) is 11.6 Å². The van der Waals surface area contributed by atoms with Crippen molar-refractivity contribution in [1.82, 2.24) is 10.3 Å². The van der Waals surface area contributed by atoms with Gasteiger partial charge in [0.1, 0.15) is 5.69 Å². The number of anilines is 1. The lowest BCUT2D eigenvalue weighted by atomic mass is 9.90. The van der Waals surface area contributed by atoms with E-state index >= 15 is 0 Å². The Hall–Kier alpha value is -2.32. The Bertz CT molecular complexity index is 1060. The smallest absolute Gasteiger partial charge is 0.382 e. The minimum atomic E-state index is -4.53. The first kappa shape index (κ1) is 21.9. The third kappa shape index (κ3) is 5.49. The van der Waals surface area contributed by atoms with E-state index in [0.717, 1.165) is 37.3 Å². The lowest BCUT2D eigenvalue weighted by Crippen LogP contribution is -2.40. The molecule has 4 rings (SSSR count). The fraction of sp³-hybridized carbons (Fsp3) is 0.364. The molecule has 2 N–H and O–H groups in total. The molecular formula is C22H21ClF3N3OS. The maximum atomic E-state index is 13.3. The van der Waals surface area contributed by atoms with Gasteiger partial charge in [0.15, 0.2) is 0 Å². The predicted octanol–water partition coefficient (Wildman–Crippen LogP) is 6.05. The highest BCUT2D eigenvalue weighted by Gasteiger charge is 2.34. The first-order chi connectivity index (χ1) is 14.8. The summed E-state index contributed by atoms with van der Waals surface area (Å²) in [5.41, 5.74) is 0.696. The summed E-state index contributed by atoms with van der Waals surface area (Å²) in [4.78, 5) is 16.0. The van der Waals surface area contributed by atoms with Gasteiger partial charge < -0.3 is 10.6 Å². The molecule has 0 atom stereocenters. The number of thiophene rings is 1. The second-order valence-electron chi connectivity index (χ2n) is 7.78. The molecular weight excluding hydrogens is 447 g/mol. The van der Waals surface area contributed by atoms with Crippen molar-refractivity contribution in [1.29, 1.82) is 0 Å². The van der Waals surface area contributed by atoms with Crippen LogP contribution in [0.5, 0.6) is 0 Å². The molecule has 1 saturated carbocycles. The Morgan fingerprint density at radius 2 is 1.87 bits per heavy atom. The quantitative estimate of drug-likeness (QED) is 0.480. The van der Waals surface area contributed by atoms with Gasteiger partial charge in [0.2, 0.25) is 5.91 Å². The highest BCUT2D eigenvalue weighted by Crippen LogP contribution is 2.35. The van der Waals surface area contributed by atoms with Crippen LogP contribution in [0.1, 0.15) is 36.9 Å². The van der Waals surface area contributed by atoms with Gasteiger partial charge in [-0.3, -0.25) is 4.79 Å². The van der Waals surface area contributed by atoms with E-state index in [0.29, 0.717) is 22.5 Å². The van der Waals surface area contributed by atoms with Crippen molar-refractivity contribution in [2.45, 2.75) is 50.4 Å². The van der Waals surface area contributed by atoms with Crippen LogP contribution in [-0.2, 0) is 17.4 Å². The standard InChI is InChI=1S/C22H21ClF3N3OS/c23-14-1-6-18-17(10-14)19(11-20(29-18)22(24,25)26)27-15-2-4-16(5-3-15)28-21(30)9-13-7-8-31-12-13/h1,6-8,10-12,15-16H,2-5,9H2,(H,27,29)(H,28,30)/t15-,16+. The third-order valence-corrected chi connectivity index (χ3v) is 6.43. The van der Waals surface area contributed by atoms with Crippen molar-refractivity contribution in [2.24, 2.45) is 0 Å². The molecule has 164 valence electrons. The zero-order chi connectivity index (χ0) is 22.0. The van der Waals surface area contributed by atoms with Gasteiger partial charge >= 0.3 is 6.18 Å². The number of nitrogens with one attached hydrogen (secondary N) is 2. The summed E-state index contributed by atoms with van der Waals surface area (Å²) in [6, 6.07) is 7.74. The molecule has 0 saturated heterocycles. The van der Waals surface area contributed by atoms with Gasteiger partial charge in [-0.2, -0.15) is 24.5 Å². The summed E-state index contributed by atoms with van der Waals surface area (Å²) < 4.78 is 39.9. The molecule has 1 aliphatic carbocycles. The topological polar surface area (TPSA) is 54.0 Å². The Morgan fingerprint density at radius 3 is 2.55 bits per heavy atom. The monoisotopic (exact) mass is 467 g/mol. The van der Waals surface area contributed by atoms with Gasteiger partial charge in [-0.1, -0.05) is 11.6 Å². The Kier molecular flexibility index (Phi) is 6.39. The largest absolute Gasteiger partial charge is 0.433 e. The number of nitrogens with zero attached hydrogens (tertiary/aromatic N) is 1.